The lowest BCUT2D eigenvalue weighted by Crippen LogP contribution is -2.47. The van der Waals surface area contributed by atoms with Crippen molar-refractivity contribution in [2.75, 3.05) is 6.61 Å². The minimum Gasteiger partial charge on any atom is -0.488 e. The molecule has 5 nitrogen and oxygen atoms in total. The maximum absolute atomic E-state index is 12.4. The van der Waals surface area contributed by atoms with Crippen LogP contribution in [0, 0.1) is 11.8 Å². The summed E-state index contributed by atoms with van der Waals surface area (Å²) in [5, 5.41) is 3.06. The van der Waals surface area contributed by atoms with Crippen LogP contribution in [0.1, 0.15) is 45.6 Å². The van der Waals surface area contributed by atoms with Crippen molar-refractivity contribution in [3.63, 3.8) is 0 Å². The monoisotopic (exact) mass is 357 g/mol. The first kappa shape index (κ1) is 18.5. The zero-order valence-corrected chi connectivity index (χ0v) is 15.7. The van der Waals surface area contributed by atoms with Crippen LogP contribution in [0.3, 0.4) is 0 Å². The summed E-state index contributed by atoms with van der Waals surface area (Å²) in [5.41, 5.74) is 1.26. The smallest absolute Gasteiger partial charge is 0.338 e. The van der Waals surface area contributed by atoms with Gasteiger partial charge >= 0.3 is 5.97 Å². The highest BCUT2D eigenvalue weighted by atomic mass is 16.6. The summed E-state index contributed by atoms with van der Waals surface area (Å²) in [7, 11) is 0. The summed E-state index contributed by atoms with van der Waals surface area (Å²) >= 11 is 0. The van der Waals surface area contributed by atoms with Crippen molar-refractivity contribution >= 4 is 18.0 Å². The molecule has 0 unspecified atom stereocenters. The van der Waals surface area contributed by atoms with E-state index in [1.165, 1.54) is 6.42 Å². The number of nitrogens with one attached hydrogen (secondary N) is 1. The van der Waals surface area contributed by atoms with Gasteiger partial charge in [-0.25, -0.2) is 4.79 Å². The van der Waals surface area contributed by atoms with Gasteiger partial charge in [-0.1, -0.05) is 44.9 Å². The van der Waals surface area contributed by atoms with Gasteiger partial charge in [-0.05, 0) is 37.3 Å². The highest BCUT2D eigenvalue weighted by Gasteiger charge is 2.30. The SMILES string of the molecule is C[C@@H]1[C@@H](C)CCC[C@H]1NC(=O)[C@@H](C)OC(=O)C1=Cc2ccccc2OC1. The Labute approximate surface area is 154 Å². The Bertz CT molecular complexity index is 712. The summed E-state index contributed by atoms with van der Waals surface area (Å²) in [5.74, 6) is 1.03. The number of benzene rings is 1. The lowest BCUT2D eigenvalue weighted by atomic mass is 9.78. The summed E-state index contributed by atoms with van der Waals surface area (Å²) in [6.45, 7) is 6.16. The van der Waals surface area contributed by atoms with Crippen LogP contribution in [-0.4, -0.2) is 30.6 Å². The van der Waals surface area contributed by atoms with E-state index >= 15 is 0 Å². The average Bonchev–Trinajstić information content (AvgIpc) is 2.64. The Hall–Kier alpha value is -2.30. The van der Waals surface area contributed by atoms with Crippen LogP contribution in [0.15, 0.2) is 29.8 Å². The zero-order valence-electron chi connectivity index (χ0n) is 15.7. The molecule has 1 fully saturated rings. The topological polar surface area (TPSA) is 64.6 Å². The van der Waals surface area contributed by atoms with E-state index in [-0.39, 0.29) is 18.6 Å². The molecular formula is C21H27NO4. The lowest BCUT2D eigenvalue weighted by molar-refractivity contribution is -0.152. The van der Waals surface area contributed by atoms with E-state index in [2.05, 4.69) is 19.2 Å². The van der Waals surface area contributed by atoms with Crippen LogP contribution < -0.4 is 10.1 Å². The van der Waals surface area contributed by atoms with Crippen molar-refractivity contribution in [2.24, 2.45) is 11.8 Å². The number of esters is 1. The molecule has 1 aliphatic heterocycles. The predicted octanol–water partition coefficient (Wildman–Crippen LogP) is 3.34. The van der Waals surface area contributed by atoms with Crippen LogP contribution in [-0.2, 0) is 14.3 Å². The minimum absolute atomic E-state index is 0.150. The third kappa shape index (κ3) is 4.09. The van der Waals surface area contributed by atoms with Gasteiger partial charge in [0.2, 0.25) is 0 Å². The number of carbonyl (C=O) groups excluding carboxylic acids is 2. The van der Waals surface area contributed by atoms with Crippen LogP contribution in [0.4, 0.5) is 0 Å². The van der Waals surface area contributed by atoms with Gasteiger partial charge in [0.1, 0.15) is 12.4 Å². The van der Waals surface area contributed by atoms with E-state index in [9.17, 15) is 9.59 Å². The van der Waals surface area contributed by atoms with Crippen molar-refractivity contribution in [1.82, 2.24) is 5.32 Å². The fraction of sp³-hybridized carbons (Fsp3) is 0.524. The molecule has 1 aromatic carbocycles. The third-order valence-electron chi connectivity index (χ3n) is 5.58. The number of ether oxygens (including phenoxy) is 2. The Morgan fingerprint density at radius 1 is 1.23 bits per heavy atom. The quantitative estimate of drug-likeness (QED) is 0.840. The molecule has 1 saturated carbocycles. The summed E-state index contributed by atoms with van der Waals surface area (Å²) in [6, 6.07) is 7.65. The van der Waals surface area contributed by atoms with Gasteiger partial charge in [-0.15, -0.1) is 0 Å². The second-order valence-corrected chi connectivity index (χ2v) is 7.43. The van der Waals surface area contributed by atoms with Gasteiger partial charge in [-0.3, -0.25) is 4.79 Å². The minimum atomic E-state index is -0.829. The average molecular weight is 357 g/mol. The van der Waals surface area contributed by atoms with E-state index in [0.717, 1.165) is 24.2 Å². The number of hydrogen-bond acceptors (Lipinski definition) is 4. The molecule has 140 valence electrons. The Balaban J connectivity index is 1.57. The third-order valence-corrected chi connectivity index (χ3v) is 5.58. The summed E-state index contributed by atoms with van der Waals surface area (Å²) < 4.78 is 10.9. The maximum atomic E-state index is 12.4. The highest BCUT2D eigenvalue weighted by Crippen LogP contribution is 2.30. The molecule has 1 aliphatic carbocycles. The molecule has 2 aliphatic rings. The number of rotatable bonds is 4. The number of fused-ring (bicyclic) bond motifs is 1. The van der Waals surface area contributed by atoms with Crippen LogP contribution >= 0.6 is 0 Å². The first-order chi connectivity index (χ1) is 12.5. The fourth-order valence-electron chi connectivity index (χ4n) is 3.61. The van der Waals surface area contributed by atoms with E-state index in [1.807, 2.05) is 24.3 Å². The van der Waals surface area contributed by atoms with Crippen LogP contribution in [0.25, 0.3) is 6.08 Å². The number of para-hydroxylation sites is 1. The molecule has 1 amide bonds. The largest absolute Gasteiger partial charge is 0.488 e. The molecule has 0 spiro atoms. The number of amides is 1. The highest BCUT2D eigenvalue weighted by molar-refractivity contribution is 5.96. The molecule has 0 radical (unpaired) electrons. The normalized spacial score (nSPS) is 26.0. The van der Waals surface area contributed by atoms with Crippen LogP contribution in [0.5, 0.6) is 5.75 Å². The molecule has 3 rings (SSSR count). The van der Waals surface area contributed by atoms with Crippen molar-refractivity contribution in [2.45, 2.75) is 52.2 Å². The van der Waals surface area contributed by atoms with Crippen LogP contribution in [0.2, 0.25) is 0 Å². The Morgan fingerprint density at radius 2 is 2.00 bits per heavy atom. The van der Waals surface area contributed by atoms with Gasteiger partial charge in [-0.2, -0.15) is 0 Å². The number of hydrogen-bond donors (Lipinski definition) is 1. The van der Waals surface area contributed by atoms with Crippen molar-refractivity contribution in [3.8, 4) is 5.75 Å². The van der Waals surface area contributed by atoms with Gasteiger partial charge in [0.15, 0.2) is 6.10 Å². The van der Waals surface area contributed by atoms with Gasteiger partial charge < -0.3 is 14.8 Å². The predicted molar refractivity (Wildman–Crippen MR) is 99.6 cm³/mol. The second kappa shape index (κ2) is 7.94. The molecular weight excluding hydrogens is 330 g/mol. The first-order valence-corrected chi connectivity index (χ1v) is 9.39. The summed E-state index contributed by atoms with van der Waals surface area (Å²) in [6.07, 6.45) is 4.23. The first-order valence-electron chi connectivity index (χ1n) is 9.39. The Morgan fingerprint density at radius 3 is 2.81 bits per heavy atom. The lowest BCUT2D eigenvalue weighted by Gasteiger charge is -2.35. The van der Waals surface area contributed by atoms with E-state index in [1.54, 1.807) is 13.0 Å². The van der Waals surface area contributed by atoms with Gasteiger partial charge in [0.05, 0.1) is 5.57 Å². The van der Waals surface area contributed by atoms with Crippen molar-refractivity contribution in [1.29, 1.82) is 0 Å². The second-order valence-electron chi connectivity index (χ2n) is 7.43. The fourth-order valence-corrected chi connectivity index (χ4v) is 3.61. The molecule has 1 aromatic rings. The molecule has 4 atom stereocenters. The molecule has 0 saturated heterocycles. The van der Waals surface area contributed by atoms with Crippen molar-refractivity contribution < 1.29 is 19.1 Å². The standard InChI is InChI=1S/C21H27NO4/c1-13-7-6-9-18(14(13)2)22-20(23)15(3)26-21(24)17-11-16-8-4-5-10-19(16)25-12-17/h4-5,8,10-11,13-15,18H,6-7,9,12H2,1-3H3,(H,22,23)/t13-,14+,15+,18+/m0/s1. The maximum Gasteiger partial charge on any atom is 0.338 e. The van der Waals surface area contributed by atoms with Gasteiger partial charge in [0.25, 0.3) is 5.91 Å². The van der Waals surface area contributed by atoms with E-state index < -0.39 is 12.1 Å². The molecule has 5 heteroatoms. The molecule has 1 N–H and O–H groups in total. The summed E-state index contributed by atoms with van der Waals surface area (Å²) in [4.78, 5) is 24.8. The van der Waals surface area contributed by atoms with E-state index in [0.29, 0.717) is 17.4 Å². The van der Waals surface area contributed by atoms with Gasteiger partial charge in [0, 0.05) is 11.6 Å². The Kier molecular flexibility index (Phi) is 5.64. The molecule has 0 aromatic heterocycles. The zero-order chi connectivity index (χ0) is 18.7. The van der Waals surface area contributed by atoms with E-state index in [4.69, 9.17) is 9.47 Å². The number of carbonyl (C=O) groups is 2. The molecule has 26 heavy (non-hydrogen) atoms. The van der Waals surface area contributed by atoms with Crippen molar-refractivity contribution in [3.05, 3.63) is 35.4 Å². The molecule has 0 bridgehead atoms. The molecule has 1 heterocycles.